The van der Waals surface area contributed by atoms with Crippen LogP contribution in [0.3, 0.4) is 0 Å². The lowest BCUT2D eigenvalue weighted by Gasteiger charge is -2.25. The SMILES string of the molecule is O=S(=O)(c1ccc(F)cc1)N(Cc1ccc(F)cc1)c1ccc(Cl)cc1. The normalized spacial score (nSPS) is 11.3. The maximum atomic E-state index is 13.2. The van der Waals surface area contributed by atoms with Crippen LogP contribution in [0.25, 0.3) is 0 Å². The minimum absolute atomic E-state index is 0.0123. The van der Waals surface area contributed by atoms with E-state index in [0.717, 1.165) is 12.1 Å². The van der Waals surface area contributed by atoms with Gasteiger partial charge in [-0.1, -0.05) is 23.7 Å². The first kappa shape index (κ1) is 18.4. The van der Waals surface area contributed by atoms with Gasteiger partial charge in [0.2, 0.25) is 0 Å². The predicted octanol–water partition coefficient (Wildman–Crippen LogP) is 5.01. The average Bonchev–Trinajstić information content (AvgIpc) is 2.62. The largest absolute Gasteiger partial charge is 0.264 e. The number of anilines is 1. The van der Waals surface area contributed by atoms with Gasteiger partial charge in [0.15, 0.2) is 0 Å². The zero-order valence-corrected chi connectivity index (χ0v) is 15.0. The Balaban J connectivity index is 2.05. The molecule has 0 radical (unpaired) electrons. The molecule has 0 aliphatic heterocycles. The van der Waals surface area contributed by atoms with E-state index in [1.54, 1.807) is 24.3 Å². The molecule has 0 bridgehead atoms. The number of rotatable bonds is 5. The van der Waals surface area contributed by atoms with E-state index in [2.05, 4.69) is 0 Å². The second-order valence-corrected chi connectivity index (χ2v) is 7.87. The van der Waals surface area contributed by atoms with Crippen LogP contribution in [-0.2, 0) is 16.6 Å². The van der Waals surface area contributed by atoms with E-state index in [1.165, 1.54) is 40.7 Å². The highest BCUT2D eigenvalue weighted by molar-refractivity contribution is 7.92. The Labute approximate surface area is 155 Å². The van der Waals surface area contributed by atoms with Crippen molar-refractivity contribution in [2.75, 3.05) is 4.31 Å². The summed E-state index contributed by atoms with van der Waals surface area (Å²) in [6.07, 6.45) is 0. The van der Waals surface area contributed by atoms with Crippen molar-refractivity contribution < 1.29 is 17.2 Å². The number of halogens is 3. The second-order valence-electron chi connectivity index (χ2n) is 5.57. The molecule has 26 heavy (non-hydrogen) atoms. The average molecular weight is 394 g/mol. The molecule has 3 nitrogen and oxygen atoms in total. The fourth-order valence-electron chi connectivity index (χ4n) is 2.41. The number of hydrogen-bond donors (Lipinski definition) is 0. The Bertz CT molecular complexity index is 989. The fourth-order valence-corrected chi connectivity index (χ4v) is 3.99. The van der Waals surface area contributed by atoms with E-state index < -0.39 is 21.7 Å². The molecule has 0 saturated carbocycles. The zero-order chi connectivity index (χ0) is 18.7. The van der Waals surface area contributed by atoms with E-state index in [-0.39, 0.29) is 11.4 Å². The molecule has 0 amide bonds. The van der Waals surface area contributed by atoms with Crippen molar-refractivity contribution in [3.05, 3.63) is 95.0 Å². The van der Waals surface area contributed by atoms with Gasteiger partial charge in [-0.25, -0.2) is 17.2 Å². The lowest BCUT2D eigenvalue weighted by molar-refractivity contribution is 0.589. The zero-order valence-electron chi connectivity index (χ0n) is 13.4. The quantitative estimate of drug-likeness (QED) is 0.610. The van der Waals surface area contributed by atoms with Crippen LogP contribution in [0.15, 0.2) is 77.7 Å². The number of nitrogens with zero attached hydrogens (tertiary/aromatic N) is 1. The third-order valence-electron chi connectivity index (χ3n) is 3.76. The van der Waals surface area contributed by atoms with Crippen LogP contribution in [0.2, 0.25) is 5.02 Å². The molecule has 0 atom stereocenters. The molecular formula is C19H14ClF2NO2S. The van der Waals surface area contributed by atoms with Gasteiger partial charge in [0.1, 0.15) is 11.6 Å². The third-order valence-corrected chi connectivity index (χ3v) is 5.80. The molecule has 0 heterocycles. The lowest BCUT2D eigenvalue weighted by Crippen LogP contribution is -2.30. The van der Waals surface area contributed by atoms with Crippen LogP contribution >= 0.6 is 11.6 Å². The molecule has 0 saturated heterocycles. The van der Waals surface area contributed by atoms with E-state index >= 15 is 0 Å². The molecule has 0 unspecified atom stereocenters. The first-order chi connectivity index (χ1) is 12.4. The maximum absolute atomic E-state index is 13.2. The van der Waals surface area contributed by atoms with Gasteiger partial charge in [-0.15, -0.1) is 0 Å². The van der Waals surface area contributed by atoms with Gasteiger partial charge in [-0.3, -0.25) is 4.31 Å². The van der Waals surface area contributed by atoms with Crippen LogP contribution in [0.4, 0.5) is 14.5 Å². The van der Waals surface area contributed by atoms with Gasteiger partial charge < -0.3 is 0 Å². The summed E-state index contributed by atoms with van der Waals surface area (Å²) < 4.78 is 53.7. The van der Waals surface area contributed by atoms with E-state index in [1.807, 2.05) is 0 Å². The summed E-state index contributed by atoms with van der Waals surface area (Å²) >= 11 is 5.89. The number of hydrogen-bond acceptors (Lipinski definition) is 2. The summed E-state index contributed by atoms with van der Waals surface area (Å²) in [5, 5.41) is 0.467. The van der Waals surface area contributed by atoms with Gasteiger partial charge in [0, 0.05) is 5.02 Å². The Morgan fingerprint density at radius 2 is 1.27 bits per heavy atom. The molecule has 0 aliphatic rings. The summed E-state index contributed by atoms with van der Waals surface area (Å²) in [6, 6.07) is 16.5. The standard InChI is InChI=1S/C19H14ClF2NO2S/c20-15-3-9-18(10-4-15)23(13-14-1-5-16(21)6-2-14)26(24,25)19-11-7-17(22)8-12-19/h1-12H,13H2. The molecule has 3 aromatic carbocycles. The highest BCUT2D eigenvalue weighted by atomic mass is 35.5. The van der Waals surface area contributed by atoms with Gasteiger partial charge in [0.05, 0.1) is 17.1 Å². The monoisotopic (exact) mass is 393 g/mol. The molecule has 0 aliphatic carbocycles. The van der Waals surface area contributed by atoms with Crippen LogP contribution in [0.1, 0.15) is 5.56 Å². The van der Waals surface area contributed by atoms with Crippen molar-refractivity contribution in [2.24, 2.45) is 0 Å². The van der Waals surface area contributed by atoms with E-state index in [9.17, 15) is 17.2 Å². The van der Waals surface area contributed by atoms with Gasteiger partial charge in [0.25, 0.3) is 10.0 Å². The minimum Gasteiger partial charge on any atom is -0.262 e. The summed E-state index contributed by atoms with van der Waals surface area (Å²) in [4.78, 5) is -0.0454. The lowest BCUT2D eigenvalue weighted by atomic mass is 10.2. The maximum Gasteiger partial charge on any atom is 0.264 e. The highest BCUT2D eigenvalue weighted by Gasteiger charge is 2.25. The summed E-state index contributed by atoms with van der Waals surface area (Å²) in [7, 11) is -3.96. The Morgan fingerprint density at radius 3 is 1.81 bits per heavy atom. The molecule has 134 valence electrons. The highest BCUT2D eigenvalue weighted by Crippen LogP contribution is 2.27. The summed E-state index contributed by atoms with van der Waals surface area (Å²) in [5.41, 5.74) is 0.995. The molecule has 0 fully saturated rings. The predicted molar refractivity (Wildman–Crippen MR) is 97.6 cm³/mol. The van der Waals surface area contributed by atoms with Crippen LogP contribution in [0, 0.1) is 11.6 Å². The first-order valence-corrected chi connectivity index (χ1v) is 9.46. The van der Waals surface area contributed by atoms with Crippen LogP contribution in [-0.4, -0.2) is 8.42 Å². The van der Waals surface area contributed by atoms with E-state index in [4.69, 9.17) is 11.6 Å². The Morgan fingerprint density at radius 1 is 0.769 bits per heavy atom. The van der Waals surface area contributed by atoms with Crippen molar-refractivity contribution in [3.8, 4) is 0 Å². The van der Waals surface area contributed by atoms with Crippen molar-refractivity contribution >= 4 is 27.3 Å². The molecule has 0 N–H and O–H groups in total. The third kappa shape index (κ3) is 4.03. The molecule has 7 heteroatoms. The second kappa shape index (κ2) is 7.43. The molecule has 3 rings (SSSR count). The summed E-state index contributed by atoms with van der Waals surface area (Å²) in [5.74, 6) is -0.936. The van der Waals surface area contributed by atoms with Crippen LogP contribution in [0.5, 0.6) is 0 Å². The smallest absolute Gasteiger partial charge is 0.262 e. The van der Waals surface area contributed by atoms with Gasteiger partial charge >= 0.3 is 0 Å². The van der Waals surface area contributed by atoms with Crippen molar-refractivity contribution in [3.63, 3.8) is 0 Å². The molecule has 3 aromatic rings. The van der Waals surface area contributed by atoms with Crippen molar-refractivity contribution in [1.29, 1.82) is 0 Å². The minimum atomic E-state index is -3.96. The van der Waals surface area contributed by atoms with Gasteiger partial charge in [-0.05, 0) is 66.2 Å². The Hall–Kier alpha value is -2.44. The molecular weight excluding hydrogens is 380 g/mol. The number of sulfonamides is 1. The van der Waals surface area contributed by atoms with Crippen molar-refractivity contribution in [1.82, 2.24) is 0 Å². The Kier molecular flexibility index (Phi) is 5.25. The molecule has 0 aromatic heterocycles. The van der Waals surface area contributed by atoms with Gasteiger partial charge in [-0.2, -0.15) is 0 Å². The van der Waals surface area contributed by atoms with Crippen molar-refractivity contribution in [2.45, 2.75) is 11.4 Å². The van der Waals surface area contributed by atoms with E-state index in [0.29, 0.717) is 16.3 Å². The molecule has 0 spiro atoms. The van der Waals surface area contributed by atoms with Crippen LogP contribution < -0.4 is 4.31 Å². The summed E-state index contributed by atoms with van der Waals surface area (Å²) in [6.45, 7) is -0.0123. The number of benzene rings is 3. The topological polar surface area (TPSA) is 37.4 Å². The fraction of sp³-hybridized carbons (Fsp3) is 0.0526. The first-order valence-electron chi connectivity index (χ1n) is 7.64.